The number of benzene rings is 1. The highest BCUT2D eigenvalue weighted by Crippen LogP contribution is 2.29. The molecular weight excluding hydrogens is 336 g/mol. The molecule has 0 amide bonds. The Kier molecular flexibility index (Phi) is 6.10. The van der Waals surface area contributed by atoms with Gasteiger partial charge in [-0.2, -0.15) is 0 Å². The van der Waals surface area contributed by atoms with Crippen molar-refractivity contribution in [3.8, 4) is 0 Å². The van der Waals surface area contributed by atoms with Crippen LogP contribution in [0.3, 0.4) is 0 Å². The van der Waals surface area contributed by atoms with Gasteiger partial charge in [0.25, 0.3) is 0 Å². The Bertz CT molecular complexity index is 701. The van der Waals surface area contributed by atoms with Crippen LogP contribution in [0.4, 0.5) is 0 Å². The standard InChI is InChI=1S/C22H30N4O/c1-2-5-18(6-3-1)17-24-22(23-13-10-21-7-4-16-27-21)25-19-11-14-26(15-12-19)20-8-9-20/h1-7,16,19-20H,8-15,17H2,(H2,23,24,25). The van der Waals surface area contributed by atoms with E-state index >= 15 is 0 Å². The molecule has 2 aromatic rings. The van der Waals surface area contributed by atoms with E-state index in [4.69, 9.17) is 9.41 Å². The number of nitrogens with one attached hydrogen (secondary N) is 2. The number of nitrogens with zero attached hydrogens (tertiary/aromatic N) is 2. The summed E-state index contributed by atoms with van der Waals surface area (Å²) in [6.07, 6.45) is 7.78. The molecule has 1 saturated heterocycles. The van der Waals surface area contributed by atoms with Crippen LogP contribution in [0, 0.1) is 0 Å². The zero-order chi connectivity index (χ0) is 18.3. The van der Waals surface area contributed by atoms with Gasteiger partial charge in [0.15, 0.2) is 5.96 Å². The highest BCUT2D eigenvalue weighted by molar-refractivity contribution is 5.80. The fraction of sp³-hybridized carbons (Fsp3) is 0.500. The minimum Gasteiger partial charge on any atom is -0.469 e. The van der Waals surface area contributed by atoms with Gasteiger partial charge in [-0.15, -0.1) is 0 Å². The van der Waals surface area contributed by atoms with Crippen molar-refractivity contribution in [2.75, 3.05) is 19.6 Å². The molecule has 5 nitrogen and oxygen atoms in total. The second kappa shape index (κ2) is 9.09. The number of aliphatic imine (C=N–C) groups is 1. The van der Waals surface area contributed by atoms with Gasteiger partial charge < -0.3 is 20.0 Å². The van der Waals surface area contributed by atoms with E-state index < -0.39 is 0 Å². The van der Waals surface area contributed by atoms with E-state index in [0.29, 0.717) is 12.6 Å². The van der Waals surface area contributed by atoms with E-state index in [1.54, 1.807) is 6.26 Å². The molecule has 1 aliphatic carbocycles. The molecule has 4 rings (SSSR count). The Morgan fingerprint density at radius 3 is 2.56 bits per heavy atom. The van der Waals surface area contributed by atoms with Crippen molar-refractivity contribution in [2.24, 2.45) is 4.99 Å². The number of likely N-dealkylation sites (tertiary alicyclic amines) is 1. The number of guanidine groups is 1. The lowest BCUT2D eigenvalue weighted by Crippen LogP contribution is -2.49. The van der Waals surface area contributed by atoms with Gasteiger partial charge in [0.05, 0.1) is 12.8 Å². The summed E-state index contributed by atoms with van der Waals surface area (Å²) < 4.78 is 5.43. The van der Waals surface area contributed by atoms with E-state index in [-0.39, 0.29) is 0 Å². The number of furan rings is 1. The molecule has 1 aromatic carbocycles. The first kappa shape index (κ1) is 18.1. The molecular formula is C22H30N4O. The van der Waals surface area contributed by atoms with Gasteiger partial charge >= 0.3 is 0 Å². The van der Waals surface area contributed by atoms with Gasteiger partial charge in [-0.3, -0.25) is 0 Å². The van der Waals surface area contributed by atoms with Crippen LogP contribution in [0.2, 0.25) is 0 Å². The van der Waals surface area contributed by atoms with Gasteiger partial charge in [0.1, 0.15) is 5.76 Å². The third-order valence-corrected chi connectivity index (χ3v) is 5.44. The van der Waals surface area contributed by atoms with Crippen LogP contribution in [-0.4, -0.2) is 42.6 Å². The van der Waals surface area contributed by atoms with Crippen molar-refractivity contribution in [2.45, 2.75) is 50.7 Å². The number of hydrogen-bond donors (Lipinski definition) is 2. The Hall–Kier alpha value is -2.27. The molecule has 2 aliphatic rings. The van der Waals surface area contributed by atoms with Gasteiger partial charge in [-0.1, -0.05) is 30.3 Å². The number of hydrogen-bond acceptors (Lipinski definition) is 3. The van der Waals surface area contributed by atoms with Crippen molar-refractivity contribution in [3.63, 3.8) is 0 Å². The Labute approximate surface area is 161 Å². The van der Waals surface area contributed by atoms with Crippen LogP contribution >= 0.6 is 0 Å². The highest BCUT2D eigenvalue weighted by Gasteiger charge is 2.31. The summed E-state index contributed by atoms with van der Waals surface area (Å²) in [5, 5.41) is 7.15. The van der Waals surface area contributed by atoms with Crippen molar-refractivity contribution >= 4 is 5.96 Å². The highest BCUT2D eigenvalue weighted by atomic mass is 16.3. The predicted octanol–water partition coefficient (Wildman–Crippen LogP) is 3.18. The average Bonchev–Trinajstić information content (AvgIpc) is 3.43. The molecule has 27 heavy (non-hydrogen) atoms. The largest absolute Gasteiger partial charge is 0.469 e. The quantitative estimate of drug-likeness (QED) is 0.584. The normalized spacial score (nSPS) is 19.2. The lowest BCUT2D eigenvalue weighted by Gasteiger charge is -2.33. The van der Waals surface area contributed by atoms with Crippen LogP contribution in [0.1, 0.15) is 37.0 Å². The first-order valence-electron chi connectivity index (χ1n) is 10.2. The van der Waals surface area contributed by atoms with Crippen LogP contribution in [0.25, 0.3) is 0 Å². The summed E-state index contributed by atoms with van der Waals surface area (Å²) in [6.45, 7) is 3.92. The maximum absolute atomic E-state index is 5.43. The molecule has 1 aromatic heterocycles. The summed E-state index contributed by atoms with van der Waals surface area (Å²) in [7, 11) is 0. The summed E-state index contributed by atoms with van der Waals surface area (Å²) in [4.78, 5) is 7.48. The molecule has 2 N–H and O–H groups in total. The van der Waals surface area contributed by atoms with Crippen LogP contribution in [0.5, 0.6) is 0 Å². The molecule has 5 heteroatoms. The van der Waals surface area contributed by atoms with Crippen molar-refractivity contribution < 1.29 is 4.42 Å². The van der Waals surface area contributed by atoms with Gasteiger partial charge in [0.2, 0.25) is 0 Å². The molecule has 1 aliphatic heterocycles. The monoisotopic (exact) mass is 366 g/mol. The van der Waals surface area contributed by atoms with Crippen molar-refractivity contribution in [1.29, 1.82) is 0 Å². The Morgan fingerprint density at radius 2 is 1.85 bits per heavy atom. The van der Waals surface area contributed by atoms with E-state index in [1.165, 1.54) is 44.3 Å². The fourth-order valence-corrected chi connectivity index (χ4v) is 3.71. The first-order valence-corrected chi connectivity index (χ1v) is 10.2. The topological polar surface area (TPSA) is 52.8 Å². The van der Waals surface area contributed by atoms with Gasteiger partial charge in [0, 0.05) is 38.1 Å². The lowest BCUT2D eigenvalue weighted by molar-refractivity contribution is 0.197. The van der Waals surface area contributed by atoms with Gasteiger partial charge in [-0.25, -0.2) is 4.99 Å². The first-order chi connectivity index (χ1) is 13.4. The minimum absolute atomic E-state index is 0.505. The molecule has 2 heterocycles. The van der Waals surface area contributed by atoms with Crippen LogP contribution < -0.4 is 10.6 Å². The molecule has 0 bridgehead atoms. The zero-order valence-corrected chi connectivity index (χ0v) is 15.9. The predicted molar refractivity (Wildman–Crippen MR) is 109 cm³/mol. The second-order valence-electron chi connectivity index (χ2n) is 7.59. The molecule has 2 fully saturated rings. The van der Waals surface area contributed by atoms with Crippen molar-refractivity contribution in [3.05, 3.63) is 60.1 Å². The molecule has 0 unspecified atom stereocenters. The molecule has 0 radical (unpaired) electrons. The van der Waals surface area contributed by atoms with Crippen LogP contribution in [-0.2, 0) is 13.0 Å². The lowest BCUT2D eigenvalue weighted by atomic mass is 10.1. The zero-order valence-electron chi connectivity index (χ0n) is 15.9. The summed E-state index contributed by atoms with van der Waals surface area (Å²) >= 11 is 0. The maximum atomic E-state index is 5.43. The van der Waals surface area contributed by atoms with E-state index in [9.17, 15) is 0 Å². The Balaban J connectivity index is 1.31. The van der Waals surface area contributed by atoms with Gasteiger partial charge in [-0.05, 0) is 43.4 Å². The molecule has 0 atom stereocenters. The third kappa shape index (κ3) is 5.60. The average molecular weight is 367 g/mol. The second-order valence-corrected chi connectivity index (χ2v) is 7.59. The summed E-state index contributed by atoms with van der Waals surface area (Å²) in [5.41, 5.74) is 1.23. The SMILES string of the molecule is c1ccc(CN=C(NCCc2ccco2)NC2CCN(C3CC3)CC2)cc1. The van der Waals surface area contributed by atoms with E-state index in [0.717, 1.165) is 30.7 Å². The Morgan fingerprint density at radius 1 is 1.04 bits per heavy atom. The maximum Gasteiger partial charge on any atom is 0.191 e. The molecule has 144 valence electrons. The van der Waals surface area contributed by atoms with Crippen molar-refractivity contribution in [1.82, 2.24) is 15.5 Å². The summed E-state index contributed by atoms with van der Waals surface area (Å²) in [5.74, 6) is 1.91. The van der Waals surface area contributed by atoms with Crippen LogP contribution in [0.15, 0.2) is 58.1 Å². The van der Waals surface area contributed by atoms with E-state index in [1.807, 2.05) is 18.2 Å². The third-order valence-electron chi connectivity index (χ3n) is 5.44. The molecule has 1 saturated carbocycles. The summed E-state index contributed by atoms with van der Waals surface area (Å²) in [6, 6.07) is 15.8. The molecule has 0 spiro atoms. The fourth-order valence-electron chi connectivity index (χ4n) is 3.71. The van der Waals surface area contributed by atoms with E-state index in [2.05, 4.69) is 39.8 Å². The number of piperidine rings is 1. The number of rotatable bonds is 7. The minimum atomic E-state index is 0.505. The smallest absolute Gasteiger partial charge is 0.191 e.